The maximum absolute atomic E-state index is 13.8. The van der Waals surface area contributed by atoms with Crippen LogP contribution in [0.25, 0.3) is 0 Å². The molecular formula is C15H16F2N2O3. The largest absolute Gasteiger partial charge is 0.486 e. The van der Waals surface area contributed by atoms with Crippen LogP contribution in [0.2, 0.25) is 0 Å². The number of ether oxygens (including phenoxy) is 1. The van der Waals surface area contributed by atoms with Crippen molar-refractivity contribution < 1.29 is 23.1 Å². The van der Waals surface area contributed by atoms with Gasteiger partial charge in [-0.05, 0) is 12.8 Å². The molecule has 1 aromatic carbocycles. The lowest BCUT2D eigenvalue weighted by molar-refractivity contribution is -0.127. The summed E-state index contributed by atoms with van der Waals surface area (Å²) in [6.45, 7) is 0.322. The molecule has 1 atom stereocenters. The Morgan fingerprint density at radius 2 is 2.14 bits per heavy atom. The summed E-state index contributed by atoms with van der Waals surface area (Å²) in [4.78, 5) is 25.5. The van der Waals surface area contributed by atoms with Crippen LogP contribution in [0.3, 0.4) is 0 Å². The van der Waals surface area contributed by atoms with Gasteiger partial charge in [-0.25, -0.2) is 8.78 Å². The topological polar surface area (TPSA) is 58.6 Å². The molecule has 2 aliphatic heterocycles. The van der Waals surface area contributed by atoms with E-state index in [1.54, 1.807) is 0 Å². The predicted molar refractivity (Wildman–Crippen MR) is 74.6 cm³/mol. The Bertz CT molecular complexity index is 621. The Hall–Kier alpha value is -2.18. The highest BCUT2D eigenvalue weighted by Crippen LogP contribution is 2.35. The van der Waals surface area contributed by atoms with Crippen LogP contribution in [0, 0.1) is 11.6 Å². The molecule has 0 aliphatic carbocycles. The molecule has 2 aliphatic rings. The number of nitrogens with one attached hydrogen (secondary N) is 1. The van der Waals surface area contributed by atoms with E-state index in [0.29, 0.717) is 12.8 Å². The molecule has 7 heteroatoms. The molecule has 0 spiro atoms. The molecule has 1 unspecified atom stereocenters. The van der Waals surface area contributed by atoms with Gasteiger partial charge in [-0.15, -0.1) is 0 Å². The van der Waals surface area contributed by atoms with Crippen LogP contribution in [0.5, 0.6) is 5.75 Å². The summed E-state index contributed by atoms with van der Waals surface area (Å²) in [5.74, 6) is -2.26. The van der Waals surface area contributed by atoms with Gasteiger partial charge in [0, 0.05) is 18.6 Å². The molecule has 1 saturated heterocycles. The zero-order valence-electron chi connectivity index (χ0n) is 11.9. The summed E-state index contributed by atoms with van der Waals surface area (Å²) in [5, 5.41) is 2.68. The number of nitrogens with zero attached hydrogens (tertiary/aromatic N) is 1. The number of hydrogen-bond donors (Lipinski definition) is 1. The molecule has 118 valence electrons. The van der Waals surface area contributed by atoms with Gasteiger partial charge >= 0.3 is 0 Å². The van der Waals surface area contributed by atoms with Crippen molar-refractivity contribution in [3.63, 3.8) is 0 Å². The fourth-order valence-electron chi connectivity index (χ4n) is 2.82. The molecule has 3 rings (SSSR count). The van der Waals surface area contributed by atoms with Crippen molar-refractivity contribution in [1.29, 1.82) is 0 Å². The van der Waals surface area contributed by atoms with Gasteiger partial charge in [-0.2, -0.15) is 0 Å². The molecule has 0 radical (unpaired) electrons. The third kappa shape index (κ3) is 2.75. The second kappa shape index (κ2) is 5.90. The van der Waals surface area contributed by atoms with Gasteiger partial charge in [-0.1, -0.05) is 6.42 Å². The van der Waals surface area contributed by atoms with Gasteiger partial charge in [0.1, 0.15) is 18.5 Å². The summed E-state index contributed by atoms with van der Waals surface area (Å²) in [6, 6.07) is 1.14. The third-order valence-corrected chi connectivity index (χ3v) is 3.89. The van der Waals surface area contributed by atoms with Gasteiger partial charge in [0.15, 0.2) is 11.6 Å². The average Bonchev–Trinajstić information content (AvgIpc) is 2.70. The summed E-state index contributed by atoms with van der Waals surface area (Å²) < 4.78 is 32.4. The molecule has 0 aromatic heterocycles. The number of hydrogen-bond acceptors (Lipinski definition) is 3. The fourth-order valence-corrected chi connectivity index (χ4v) is 2.82. The van der Waals surface area contributed by atoms with E-state index in [4.69, 9.17) is 4.74 Å². The third-order valence-electron chi connectivity index (χ3n) is 3.89. The number of carbonyl (C=O) groups is 2. The van der Waals surface area contributed by atoms with Gasteiger partial charge in [0.2, 0.25) is 11.8 Å². The highest BCUT2D eigenvalue weighted by molar-refractivity contribution is 6.00. The number of carbonyl (C=O) groups excluding carboxylic acids is 2. The molecular weight excluding hydrogens is 294 g/mol. The lowest BCUT2D eigenvalue weighted by Crippen LogP contribution is -2.50. The molecule has 5 nitrogen and oxygen atoms in total. The minimum atomic E-state index is -0.836. The first kappa shape index (κ1) is 14.7. The van der Waals surface area contributed by atoms with Gasteiger partial charge in [0.05, 0.1) is 12.2 Å². The van der Waals surface area contributed by atoms with Crippen LogP contribution in [-0.4, -0.2) is 31.0 Å². The maximum Gasteiger partial charge on any atom is 0.249 e. The Morgan fingerprint density at radius 3 is 2.95 bits per heavy atom. The van der Waals surface area contributed by atoms with Crippen molar-refractivity contribution in [3.8, 4) is 5.75 Å². The Morgan fingerprint density at radius 1 is 1.32 bits per heavy atom. The first-order valence-corrected chi connectivity index (χ1v) is 7.29. The molecule has 1 fully saturated rings. The van der Waals surface area contributed by atoms with Crippen molar-refractivity contribution in [1.82, 2.24) is 5.32 Å². The van der Waals surface area contributed by atoms with Crippen molar-refractivity contribution in [2.45, 2.75) is 31.7 Å². The Balaban J connectivity index is 1.90. The van der Waals surface area contributed by atoms with E-state index >= 15 is 0 Å². The van der Waals surface area contributed by atoms with Gasteiger partial charge in [0.25, 0.3) is 0 Å². The van der Waals surface area contributed by atoms with Crippen LogP contribution in [-0.2, 0) is 9.59 Å². The van der Waals surface area contributed by atoms with Crippen molar-refractivity contribution >= 4 is 17.5 Å². The first-order valence-electron chi connectivity index (χ1n) is 7.29. The number of amides is 2. The van der Waals surface area contributed by atoms with E-state index in [-0.39, 0.29) is 36.4 Å². The summed E-state index contributed by atoms with van der Waals surface area (Å²) in [5.41, 5.74) is 0.0762. The Labute approximate surface area is 126 Å². The second-order valence-corrected chi connectivity index (χ2v) is 5.44. The highest BCUT2D eigenvalue weighted by atomic mass is 19.1. The molecule has 1 N–H and O–H groups in total. The van der Waals surface area contributed by atoms with E-state index < -0.39 is 17.7 Å². The quantitative estimate of drug-likeness (QED) is 0.860. The minimum absolute atomic E-state index is 0.0762. The number of halogens is 2. The van der Waals surface area contributed by atoms with Crippen molar-refractivity contribution in [3.05, 3.63) is 23.8 Å². The molecule has 1 aromatic rings. The van der Waals surface area contributed by atoms with Crippen molar-refractivity contribution in [2.24, 2.45) is 0 Å². The molecule has 2 heterocycles. The van der Waals surface area contributed by atoms with Crippen molar-refractivity contribution in [2.75, 3.05) is 18.1 Å². The van der Waals surface area contributed by atoms with Crippen LogP contribution < -0.4 is 15.0 Å². The lowest BCUT2D eigenvalue weighted by Gasteiger charge is -2.32. The zero-order valence-corrected chi connectivity index (χ0v) is 11.9. The molecule has 0 bridgehead atoms. The monoisotopic (exact) mass is 310 g/mol. The van der Waals surface area contributed by atoms with Gasteiger partial charge in [-0.3, -0.25) is 9.59 Å². The van der Waals surface area contributed by atoms with E-state index in [2.05, 4.69) is 5.32 Å². The van der Waals surface area contributed by atoms with Crippen LogP contribution in [0.15, 0.2) is 12.1 Å². The molecule has 2 amide bonds. The molecule has 0 saturated carbocycles. The van der Waals surface area contributed by atoms with Crippen LogP contribution >= 0.6 is 0 Å². The van der Waals surface area contributed by atoms with Gasteiger partial charge < -0.3 is 15.0 Å². The van der Waals surface area contributed by atoms with E-state index in [1.165, 1.54) is 4.90 Å². The summed E-state index contributed by atoms with van der Waals surface area (Å²) in [7, 11) is 0. The highest BCUT2D eigenvalue weighted by Gasteiger charge is 2.33. The lowest BCUT2D eigenvalue weighted by atomic mass is 10.1. The van der Waals surface area contributed by atoms with E-state index in [1.807, 2.05) is 0 Å². The number of anilines is 1. The minimum Gasteiger partial charge on any atom is -0.486 e. The number of rotatable bonds is 1. The van der Waals surface area contributed by atoms with E-state index in [9.17, 15) is 18.4 Å². The fraction of sp³-hybridized carbons (Fsp3) is 0.467. The average molecular weight is 310 g/mol. The summed E-state index contributed by atoms with van der Waals surface area (Å²) >= 11 is 0. The number of benzene rings is 1. The van der Waals surface area contributed by atoms with E-state index in [0.717, 1.165) is 25.0 Å². The van der Waals surface area contributed by atoms with Crippen LogP contribution in [0.1, 0.15) is 25.7 Å². The first-order chi connectivity index (χ1) is 10.6. The standard InChI is InChI=1S/C15H16F2N2O3/c16-9-7-10(17)14-12(8-9)19(5-6-22-14)15(21)11-3-1-2-4-13(20)18-11/h7-8,11H,1-6H2,(H,18,20). The summed E-state index contributed by atoms with van der Waals surface area (Å²) in [6.07, 6.45) is 2.41. The van der Waals surface area contributed by atoms with Crippen LogP contribution in [0.4, 0.5) is 14.5 Å². The smallest absolute Gasteiger partial charge is 0.249 e. The number of fused-ring (bicyclic) bond motifs is 1. The normalized spacial score (nSPS) is 21.5. The second-order valence-electron chi connectivity index (χ2n) is 5.44. The molecule has 22 heavy (non-hydrogen) atoms. The Kier molecular flexibility index (Phi) is 3.96. The SMILES string of the molecule is O=C1CCCCC(C(=O)N2CCOc3c(F)cc(F)cc32)N1. The zero-order chi connectivity index (χ0) is 15.7. The predicted octanol–water partition coefficient (Wildman–Crippen LogP) is 1.75. The maximum atomic E-state index is 13.8.